The first-order chi connectivity index (χ1) is 10.7. The molecule has 2 heteroatoms. The summed E-state index contributed by atoms with van der Waals surface area (Å²) in [5.74, 6) is 6.15. The van der Waals surface area contributed by atoms with E-state index >= 15 is 0 Å². The maximum Gasteiger partial charge on any atom is 0.0483 e. The van der Waals surface area contributed by atoms with E-state index in [1.54, 1.807) is 12.2 Å². The van der Waals surface area contributed by atoms with Gasteiger partial charge in [0.2, 0.25) is 0 Å². The Kier molecular flexibility index (Phi) is 5.47. The third-order valence-corrected chi connectivity index (χ3v) is 3.54. The number of hydrogen-bond donors (Lipinski definition) is 0. The van der Waals surface area contributed by atoms with Crippen LogP contribution in [0.1, 0.15) is 12.1 Å². The van der Waals surface area contributed by atoms with Crippen molar-refractivity contribution in [2.75, 3.05) is 0 Å². The summed E-state index contributed by atoms with van der Waals surface area (Å²) < 4.78 is 2.14. The Labute approximate surface area is 136 Å². The van der Waals surface area contributed by atoms with E-state index in [-0.39, 0.29) is 0 Å². The van der Waals surface area contributed by atoms with E-state index in [0.29, 0.717) is 6.42 Å². The maximum atomic E-state index is 6.03. The minimum atomic E-state index is 0.685. The highest BCUT2D eigenvalue weighted by molar-refractivity contribution is 6.31. The molecule has 2 rings (SSSR count). The Morgan fingerprint density at radius 2 is 2.14 bits per heavy atom. The number of fused-ring (bicyclic) bond motifs is 1. The van der Waals surface area contributed by atoms with Crippen LogP contribution in [0.25, 0.3) is 17.0 Å². The predicted octanol–water partition coefficient (Wildman–Crippen LogP) is 5.54. The molecule has 0 aliphatic carbocycles. The highest BCUT2D eigenvalue weighted by atomic mass is 35.5. The van der Waals surface area contributed by atoms with Crippen LogP contribution in [-0.4, -0.2) is 4.57 Å². The first-order valence-electron chi connectivity index (χ1n) is 7.01. The van der Waals surface area contributed by atoms with E-state index in [4.69, 9.17) is 11.6 Å². The fourth-order valence-corrected chi connectivity index (χ4v) is 2.36. The average Bonchev–Trinajstić information content (AvgIpc) is 2.81. The van der Waals surface area contributed by atoms with Crippen LogP contribution in [-0.2, 0) is 7.05 Å². The molecule has 0 fully saturated rings. The van der Waals surface area contributed by atoms with Crippen molar-refractivity contribution < 1.29 is 0 Å². The number of rotatable bonds is 4. The largest absolute Gasteiger partial charge is 0.344 e. The maximum absolute atomic E-state index is 6.03. The van der Waals surface area contributed by atoms with Gasteiger partial charge in [0, 0.05) is 40.7 Å². The fraction of sp³-hybridized carbons (Fsp3) is 0.100. The van der Waals surface area contributed by atoms with Crippen molar-refractivity contribution in [2.24, 2.45) is 7.05 Å². The molecule has 0 unspecified atom stereocenters. The summed E-state index contributed by atoms with van der Waals surface area (Å²) in [4.78, 5) is 0. The summed E-state index contributed by atoms with van der Waals surface area (Å²) in [6.45, 7) is 7.37. The second-order valence-electron chi connectivity index (χ2n) is 4.80. The van der Waals surface area contributed by atoms with Gasteiger partial charge in [0.25, 0.3) is 0 Å². The number of halogens is 1. The molecular formula is C20H18ClN. The van der Waals surface area contributed by atoms with Crippen LogP contribution >= 0.6 is 11.6 Å². The average molecular weight is 308 g/mol. The molecule has 0 spiro atoms. The van der Waals surface area contributed by atoms with Gasteiger partial charge in [-0.15, -0.1) is 0 Å². The molecule has 22 heavy (non-hydrogen) atoms. The van der Waals surface area contributed by atoms with Crippen LogP contribution in [0.2, 0.25) is 5.02 Å². The molecule has 1 aromatic heterocycles. The minimum absolute atomic E-state index is 0.685. The second-order valence-corrected chi connectivity index (χ2v) is 5.24. The molecule has 0 atom stereocenters. The van der Waals surface area contributed by atoms with Gasteiger partial charge in [-0.25, -0.2) is 0 Å². The lowest BCUT2D eigenvalue weighted by molar-refractivity contribution is 0.954. The zero-order valence-corrected chi connectivity index (χ0v) is 13.4. The molecule has 0 radical (unpaired) electrons. The Morgan fingerprint density at radius 3 is 2.86 bits per heavy atom. The highest BCUT2D eigenvalue weighted by Gasteiger charge is 2.03. The highest BCUT2D eigenvalue weighted by Crippen LogP contribution is 2.23. The molecule has 0 aliphatic rings. The molecule has 1 nitrogen and oxygen atoms in total. The number of aromatic nitrogens is 1. The monoisotopic (exact) mass is 307 g/mol. The van der Waals surface area contributed by atoms with Crippen LogP contribution < -0.4 is 0 Å². The van der Waals surface area contributed by atoms with Gasteiger partial charge < -0.3 is 4.57 Å². The van der Waals surface area contributed by atoms with E-state index in [9.17, 15) is 0 Å². The summed E-state index contributed by atoms with van der Waals surface area (Å²) in [5.41, 5.74) is 3.17. The van der Waals surface area contributed by atoms with E-state index in [1.165, 1.54) is 0 Å². The van der Waals surface area contributed by atoms with Crippen LogP contribution in [0.15, 0.2) is 67.3 Å². The molecule has 0 aliphatic heterocycles. The van der Waals surface area contributed by atoms with Crippen LogP contribution in [0.5, 0.6) is 0 Å². The van der Waals surface area contributed by atoms with E-state index < -0.39 is 0 Å². The first-order valence-corrected chi connectivity index (χ1v) is 7.39. The summed E-state index contributed by atoms with van der Waals surface area (Å²) in [7, 11) is 2.05. The van der Waals surface area contributed by atoms with Gasteiger partial charge in [0.05, 0.1) is 0 Å². The van der Waals surface area contributed by atoms with Crippen molar-refractivity contribution >= 4 is 28.6 Å². The van der Waals surface area contributed by atoms with Gasteiger partial charge in [-0.3, -0.25) is 0 Å². The molecular weight excluding hydrogens is 290 g/mol. The number of allylic oxidation sites excluding steroid dienone is 5. The van der Waals surface area contributed by atoms with Crippen molar-refractivity contribution in [3.63, 3.8) is 0 Å². The summed E-state index contributed by atoms with van der Waals surface area (Å²) in [6.07, 6.45) is 10.1. The van der Waals surface area contributed by atoms with E-state index in [2.05, 4.69) is 47.8 Å². The summed E-state index contributed by atoms with van der Waals surface area (Å²) >= 11 is 6.03. The Hall–Kier alpha value is -2.43. The molecule has 0 saturated carbocycles. The zero-order valence-electron chi connectivity index (χ0n) is 12.6. The standard InChI is InChI=1S/C20H18ClN/c1-4-9-16(5-2)10-7-6-8-11-19-15-17-14-18(21)12-13-20(17)22(19)3/h4-5,8-9,11-15H,1-2,6H2,3H3/b11-8+,16-9+. The molecule has 0 N–H and O–H groups in total. The minimum Gasteiger partial charge on any atom is -0.344 e. The number of hydrogen-bond acceptors (Lipinski definition) is 0. The van der Waals surface area contributed by atoms with Gasteiger partial charge in [0.15, 0.2) is 0 Å². The lowest BCUT2D eigenvalue weighted by Gasteiger charge is -1.98. The quantitative estimate of drug-likeness (QED) is 0.516. The molecule has 110 valence electrons. The summed E-state index contributed by atoms with van der Waals surface area (Å²) in [5, 5.41) is 1.90. The van der Waals surface area contributed by atoms with Gasteiger partial charge in [-0.05, 0) is 36.4 Å². The van der Waals surface area contributed by atoms with Crippen LogP contribution in [0, 0.1) is 11.8 Å². The van der Waals surface area contributed by atoms with Crippen LogP contribution in [0.4, 0.5) is 0 Å². The Morgan fingerprint density at radius 1 is 1.32 bits per heavy atom. The lowest BCUT2D eigenvalue weighted by atomic mass is 10.2. The van der Waals surface area contributed by atoms with Crippen LogP contribution in [0.3, 0.4) is 0 Å². The van der Waals surface area contributed by atoms with E-state index in [1.807, 2.05) is 31.3 Å². The van der Waals surface area contributed by atoms with Gasteiger partial charge >= 0.3 is 0 Å². The topological polar surface area (TPSA) is 4.93 Å². The van der Waals surface area contributed by atoms with Crippen molar-refractivity contribution in [2.45, 2.75) is 6.42 Å². The molecule has 0 bridgehead atoms. The molecule has 0 saturated heterocycles. The first kappa shape index (κ1) is 15.9. The van der Waals surface area contributed by atoms with Gasteiger partial charge in [0.1, 0.15) is 0 Å². The smallest absolute Gasteiger partial charge is 0.0483 e. The SMILES string of the molecule is C=C/C=C(/C#CC/C=C/c1cc2cc(Cl)ccc2n1C)C=C. The fourth-order valence-electron chi connectivity index (χ4n) is 2.18. The van der Waals surface area contributed by atoms with Crippen molar-refractivity contribution in [1.82, 2.24) is 4.57 Å². The van der Waals surface area contributed by atoms with Gasteiger partial charge in [-0.2, -0.15) is 0 Å². The molecule has 1 heterocycles. The molecule has 0 amide bonds. The third-order valence-electron chi connectivity index (χ3n) is 3.30. The number of nitrogens with zero attached hydrogens (tertiary/aromatic N) is 1. The zero-order chi connectivity index (χ0) is 15.9. The molecule has 2 aromatic rings. The third kappa shape index (κ3) is 3.81. The molecule has 1 aromatic carbocycles. The number of aryl methyl sites for hydroxylation is 1. The summed E-state index contributed by atoms with van der Waals surface area (Å²) in [6, 6.07) is 8.04. The number of benzene rings is 1. The van der Waals surface area contributed by atoms with Crippen molar-refractivity contribution in [3.05, 3.63) is 78.0 Å². The Balaban J connectivity index is 2.13. The van der Waals surface area contributed by atoms with Crippen molar-refractivity contribution in [3.8, 4) is 11.8 Å². The second kappa shape index (κ2) is 7.54. The van der Waals surface area contributed by atoms with Crippen molar-refractivity contribution in [1.29, 1.82) is 0 Å². The Bertz CT molecular complexity index is 822. The van der Waals surface area contributed by atoms with Gasteiger partial charge in [-0.1, -0.05) is 54.8 Å². The van der Waals surface area contributed by atoms with E-state index in [0.717, 1.165) is 27.2 Å². The normalized spacial score (nSPS) is 11.5. The lowest BCUT2D eigenvalue weighted by Crippen LogP contribution is -1.89. The predicted molar refractivity (Wildman–Crippen MR) is 97.8 cm³/mol.